The maximum absolute atomic E-state index is 11.7. The van der Waals surface area contributed by atoms with E-state index in [1.54, 1.807) is 0 Å². The van der Waals surface area contributed by atoms with Crippen LogP contribution >= 0.6 is 0 Å². The highest BCUT2D eigenvalue weighted by molar-refractivity contribution is 5.74. The van der Waals surface area contributed by atoms with Crippen molar-refractivity contribution in [2.24, 2.45) is 0 Å². The Kier molecular flexibility index (Phi) is 5.91. The van der Waals surface area contributed by atoms with Crippen molar-refractivity contribution >= 4 is 12.0 Å². The summed E-state index contributed by atoms with van der Waals surface area (Å²) >= 11 is 0. The fraction of sp³-hybridized carbons (Fsp3) is 0.833. The van der Waals surface area contributed by atoms with Gasteiger partial charge in [-0.15, -0.1) is 0 Å². The summed E-state index contributed by atoms with van der Waals surface area (Å²) < 4.78 is 0. The molecule has 0 saturated carbocycles. The molecule has 3 N–H and O–H groups in total. The van der Waals surface area contributed by atoms with Crippen LogP contribution < -0.4 is 10.6 Å². The van der Waals surface area contributed by atoms with E-state index in [1.807, 2.05) is 14.0 Å². The van der Waals surface area contributed by atoms with Crippen LogP contribution in [0, 0.1) is 0 Å². The van der Waals surface area contributed by atoms with E-state index in [9.17, 15) is 9.59 Å². The van der Waals surface area contributed by atoms with E-state index in [-0.39, 0.29) is 24.5 Å². The Hall–Kier alpha value is -1.30. The largest absolute Gasteiger partial charge is 0.481 e. The van der Waals surface area contributed by atoms with Crippen molar-refractivity contribution in [3.05, 3.63) is 0 Å². The Morgan fingerprint density at radius 2 is 2.22 bits per heavy atom. The van der Waals surface area contributed by atoms with Crippen LogP contribution in [0.25, 0.3) is 0 Å². The summed E-state index contributed by atoms with van der Waals surface area (Å²) in [5, 5.41) is 14.2. The maximum Gasteiger partial charge on any atom is 0.315 e. The van der Waals surface area contributed by atoms with E-state index in [1.165, 1.54) is 0 Å². The lowest BCUT2D eigenvalue weighted by molar-refractivity contribution is -0.137. The molecule has 1 heterocycles. The first-order valence-corrected chi connectivity index (χ1v) is 6.44. The molecule has 0 spiro atoms. The van der Waals surface area contributed by atoms with Gasteiger partial charge < -0.3 is 20.6 Å². The molecular weight excluding hydrogens is 234 g/mol. The number of likely N-dealkylation sites (N-methyl/N-ethyl adjacent to an activating group) is 1. The van der Waals surface area contributed by atoms with Crippen LogP contribution in [-0.2, 0) is 4.79 Å². The van der Waals surface area contributed by atoms with Crippen molar-refractivity contribution in [2.45, 2.75) is 44.7 Å². The number of hydrogen-bond donors (Lipinski definition) is 3. The van der Waals surface area contributed by atoms with Gasteiger partial charge in [-0.3, -0.25) is 4.79 Å². The van der Waals surface area contributed by atoms with Crippen LogP contribution in [0.15, 0.2) is 0 Å². The molecule has 1 fully saturated rings. The minimum absolute atomic E-state index is 0.0770. The zero-order valence-electron chi connectivity index (χ0n) is 11.1. The first kappa shape index (κ1) is 14.8. The quantitative estimate of drug-likeness (QED) is 0.675. The average Bonchev–Trinajstić information content (AvgIpc) is 2.26. The Morgan fingerprint density at radius 3 is 2.83 bits per heavy atom. The van der Waals surface area contributed by atoms with E-state index in [0.717, 1.165) is 25.9 Å². The molecule has 2 amide bonds. The molecule has 0 radical (unpaired) electrons. The summed E-state index contributed by atoms with van der Waals surface area (Å²) in [6.07, 6.45) is 2.62. The van der Waals surface area contributed by atoms with E-state index >= 15 is 0 Å². The molecule has 0 aromatic carbocycles. The second kappa shape index (κ2) is 7.20. The number of amides is 2. The lowest BCUT2D eigenvalue weighted by atomic mass is 10.1. The molecule has 1 aliphatic heterocycles. The standard InChI is InChI=1S/C12H23N3O3/c1-9(5-6-11(16)17)13-12(18)14-10-4-3-7-15(2)8-10/h9-10H,3-8H2,1-2H3,(H,16,17)(H2,13,14,18). The van der Waals surface area contributed by atoms with Gasteiger partial charge in [-0.1, -0.05) is 0 Å². The molecule has 6 heteroatoms. The molecule has 1 saturated heterocycles. The summed E-state index contributed by atoms with van der Waals surface area (Å²) in [5.74, 6) is -0.835. The first-order valence-electron chi connectivity index (χ1n) is 6.44. The Bertz CT molecular complexity index is 296. The van der Waals surface area contributed by atoms with E-state index in [2.05, 4.69) is 15.5 Å². The van der Waals surface area contributed by atoms with Crippen molar-refractivity contribution in [2.75, 3.05) is 20.1 Å². The zero-order chi connectivity index (χ0) is 13.5. The van der Waals surface area contributed by atoms with Crippen LogP contribution in [0.3, 0.4) is 0 Å². The molecule has 18 heavy (non-hydrogen) atoms. The van der Waals surface area contributed by atoms with Gasteiger partial charge >= 0.3 is 12.0 Å². The van der Waals surface area contributed by atoms with Crippen LogP contribution in [0.4, 0.5) is 4.79 Å². The minimum atomic E-state index is -0.835. The van der Waals surface area contributed by atoms with Crippen molar-refractivity contribution in [1.29, 1.82) is 0 Å². The third kappa shape index (κ3) is 5.86. The number of carboxylic acid groups (broad SMARTS) is 1. The number of carbonyl (C=O) groups is 2. The first-order chi connectivity index (χ1) is 8.47. The topological polar surface area (TPSA) is 81.7 Å². The van der Waals surface area contributed by atoms with E-state index in [0.29, 0.717) is 6.42 Å². The lowest BCUT2D eigenvalue weighted by Crippen LogP contribution is -2.51. The number of nitrogens with one attached hydrogen (secondary N) is 2. The maximum atomic E-state index is 11.7. The molecule has 2 unspecified atom stereocenters. The summed E-state index contributed by atoms with van der Waals surface area (Å²) in [7, 11) is 2.04. The molecule has 1 aliphatic rings. The third-order valence-corrected chi connectivity index (χ3v) is 3.13. The summed E-state index contributed by atoms with van der Waals surface area (Å²) in [6.45, 7) is 3.77. The van der Waals surface area contributed by atoms with E-state index < -0.39 is 5.97 Å². The Labute approximate surface area is 108 Å². The second-order valence-corrected chi connectivity index (χ2v) is 5.05. The highest BCUT2D eigenvalue weighted by Crippen LogP contribution is 2.07. The average molecular weight is 257 g/mol. The van der Waals surface area contributed by atoms with Crippen molar-refractivity contribution in [3.63, 3.8) is 0 Å². The predicted molar refractivity (Wildman–Crippen MR) is 68.5 cm³/mol. The normalized spacial score (nSPS) is 22.2. The fourth-order valence-electron chi connectivity index (χ4n) is 2.15. The number of rotatable bonds is 5. The molecule has 0 bridgehead atoms. The highest BCUT2D eigenvalue weighted by atomic mass is 16.4. The highest BCUT2D eigenvalue weighted by Gasteiger charge is 2.19. The number of aliphatic carboxylic acids is 1. The fourth-order valence-corrected chi connectivity index (χ4v) is 2.15. The van der Waals surface area contributed by atoms with Gasteiger partial charge in [0.2, 0.25) is 0 Å². The molecule has 0 aliphatic carbocycles. The van der Waals surface area contributed by atoms with Crippen molar-refractivity contribution in [3.8, 4) is 0 Å². The van der Waals surface area contributed by atoms with Gasteiger partial charge in [0.25, 0.3) is 0 Å². The lowest BCUT2D eigenvalue weighted by Gasteiger charge is -2.30. The van der Waals surface area contributed by atoms with Gasteiger partial charge in [0, 0.05) is 25.0 Å². The van der Waals surface area contributed by atoms with Gasteiger partial charge in [-0.2, -0.15) is 0 Å². The number of nitrogens with zero attached hydrogens (tertiary/aromatic N) is 1. The molecular formula is C12H23N3O3. The number of likely N-dealkylation sites (tertiary alicyclic amines) is 1. The monoisotopic (exact) mass is 257 g/mol. The van der Waals surface area contributed by atoms with Gasteiger partial charge in [0.1, 0.15) is 0 Å². The SMILES string of the molecule is CC(CCC(=O)O)NC(=O)NC1CCCN(C)C1. The summed E-state index contributed by atoms with van der Waals surface area (Å²) in [5.41, 5.74) is 0. The van der Waals surface area contributed by atoms with Gasteiger partial charge in [0.15, 0.2) is 0 Å². The van der Waals surface area contributed by atoms with Gasteiger partial charge in [0.05, 0.1) is 0 Å². The van der Waals surface area contributed by atoms with Gasteiger partial charge in [-0.05, 0) is 39.8 Å². The molecule has 0 aromatic rings. The molecule has 2 atom stereocenters. The smallest absolute Gasteiger partial charge is 0.315 e. The number of carbonyl (C=O) groups excluding carboxylic acids is 1. The van der Waals surface area contributed by atoms with E-state index in [4.69, 9.17) is 5.11 Å². The van der Waals surface area contributed by atoms with Crippen LogP contribution in [-0.4, -0.2) is 54.2 Å². The predicted octanol–water partition coefficient (Wildman–Crippen LogP) is 0.633. The van der Waals surface area contributed by atoms with Crippen LogP contribution in [0.2, 0.25) is 0 Å². The van der Waals surface area contributed by atoms with Crippen LogP contribution in [0.5, 0.6) is 0 Å². The molecule has 0 aromatic heterocycles. The number of hydrogen-bond acceptors (Lipinski definition) is 3. The molecule has 1 rings (SSSR count). The number of carboxylic acids is 1. The van der Waals surface area contributed by atoms with Gasteiger partial charge in [-0.25, -0.2) is 4.79 Å². The summed E-state index contributed by atoms with van der Waals surface area (Å²) in [4.78, 5) is 24.3. The third-order valence-electron chi connectivity index (χ3n) is 3.13. The molecule has 104 valence electrons. The van der Waals surface area contributed by atoms with Crippen LogP contribution in [0.1, 0.15) is 32.6 Å². The Balaban J connectivity index is 2.21. The molecule has 6 nitrogen and oxygen atoms in total. The summed E-state index contributed by atoms with van der Waals surface area (Å²) in [6, 6.07) is -0.133. The second-order valence-electron chi connectivity index (χ2n) is 5.05. The minimum Gasteiger partial charge on any atom is -0.481 e. The van der Waals surface area contributed by atoms with Crippen molar-refractivity contribution < 1.29 is 14.7 Å². The Morgan fingerprint density at radius 1 is 1.50 bits per heavy atom. The van der Waals surface area contributed by atoms with Crippen molar-refractivity contribution in [1.82, 2.24) is 15.5 Å². The zero-order valence-corrected chi connectivity index (χ0v) is 11.1. The number of piperidine rings is 1. The number of urea groups is 1.